The predicted octanol–water partition coefficient (Wildman–Crippen LogP) is 3.11. The van der Waals surface area contributed by atoms with E-state index in [-0.39, 0.29) is 12.5 Å². The van der Waals surface area contributed by atoms with E-state index in [0.29, 0.717) is 29.3 Å². The summed E-state index contributed by atoms with van der Waals surface area (Å²) >= 11 is 11.1. The van der Waals surface area contributed by atoms with E-state index in [4.69, 9.17) is 23.2 Å². The fraction of sp³-hybridized carbons (Fsp3) is 0.364. The Kier molecular flexibility index (Phi) is 5.56. The number of hydrogen-bond donors (Lipinski definition) is 1. The highest BCUT2D eigenvalue weighted by Crippen LogP contribution is 2.13. The van der Waals surface area contributed by atoms with Gasteiger partial charge in [0.2, 0.25) is 5.91 Å². The molecule has 1 amide bonds. The monoisotopic (exact) mass is 263 g/mol. The summed E-state index contributed by atoms with van der Waals surface area (Å²) in [5.74, 6) is -0.0438. The molecular formula is C11H12Cl2FNO. The average Bonchev–Trinajstić information content (AvgIpc) is 2.22. The van der Waals surface area contributed by atoms with Gasteiger partial charge >= 0.3 is 0 Å². The van der Waals surface area contributed by atoms with E-state index in [9.17, 15) is 9.18 Å². The number of amides is 1. The van der Waals surface area contributed by atoms with Gasteiger partial charge in [-0.15, -0.1) is 11.6 Å². The van der Waals surface area contributed by atoms with Crippen molar-refractivity contribution in [2.45, 2.75) is 19.4 Å². The van der Waals surface area contributed by atoms with Gasteiger partial charge in [0.1, 0.15) is 5.82 Å². The van der Waals surface area contributed by atoms with Crippen molar-refractivity contribution in [1.29, 1.82) is 0 Å². The van der Waals surface area contributed by atoms with Crippen LogP contribution in [0.5, 0.6) is 0 Å². The Balaban J connectivity index is 2.45. The maximum Gasteiger partial charge on any atom is 0.220 e. The molecule has 0 aliphatic rings. The van der Waals surface area contributed by atoms with E-state index < -0.39 is 5.82 Å². The summed E-state index contributed by atoms with van der Waals surface area (Å²) < 4.78 is 12.9. The highest BCUT2D eigenvalue weighted by atomic mass is 35.5. The number of benzene rings is 1. The first-order valence-electron chi connectivity index (χ1n) is 4.89. The van der Waals surface area contributed by atoms with Crippen molar-refractivity contribution in [2.24, 2.45) is 0 Å². The Labute approximate surface area is 104 Å². The Morgan fingerprint density at radius 3 is 2.75 bits per heavy atom. The lowest BCUT2D eigenvalue weighted by Crippen LogP contribution is -2.22. The molecule has 0 aliphatic heterocycles. The zero-order valence-corrected chi connectivity index (χ0v) is 10.1. The minimum atomic E-state index is -0.405. The lowest BCUT2D eigenvalue weighted by Gasteiger charge is -2.05. The first-order valence-corrected chi connectivity index (χ1v) is 5.80. The van der Waals surface area contributed by atoms with Crippen molar-refractivity contribution in [3.63, 3.8) is 0 Å². The van der Waals surface area contributed by atoms with Gasteiger partial charge < -0.3 is 5.32 Å². The smallest absolute Gasteiger partial charge is 0.220 e. The fourth-order valence-corrected chi connectivity index (χ4v) is 1.61. The van der Waals surface area contributed by atoms with Gasteiger partial charge in [-0.25, -0.2) is 4.39 Å². The quantitative estimate of drug-likeness (QED) is 0.813. The van der Waals surface area contributed by atoms with Crippen LogP contribution in [0.4, 0.5) is 4.39 Å². The molecule has 0 bridgehead atoms. The van der Waals surface area contributed by atoms with Crippen molar-refractivity contribution in [3.05, 3.63) is 34.6 Å². The Morgan fingerprint density at radius 1 is 1.38 bits per heavy atom. The summed E-state index contributed by atoms with van der Waals surface area (Å²) in [6.45, 7) is 0.276. The summed E-state index contributed by atoms with van der Waals surface area (Å²) in [5.41, 5.74) is 0.643. The normalized spacial score (nSPS) is 10.2. The molecule has 0 fully saturated rings. The molecule has 5 heteroatoms. The predicted molar refractivity (Wildman–Crippen MR) is 63.2 cm³/mol. The molecule has 1 N–H and O–H groups in total. The highest BCUT2D eigenvalue weighted by molar-refractivity contribution is 6.30. The topological polar surface area (TPSA) is 29.1 Å². The van der Waals surface area contributed by atoms with Gasteiger partial charge in [0, 0.05) is 23.9 Å². The second-order valence-corrected chi connectivity index (χ2v) is 4.16. The van der Waals surface area contributed by atoms with E-state index in [1.54, 1.807) is 6.07 Å². The molecule has 0 atom stereocenters. The molecule has 1 rings (SSSR count). The van der Waals surface area contributed by atoms with Crippen LogP contribution in [0.25, 0.3) is 0 Å². The molecule has 0 aliphatic carbocycles. The van der Waals surface area contributed by atoms with Crippen LogP contribution in [0.1, 0.15) is 18.4 Å². The maximum absolute atomic E-state index is 12.9. The zero-order chi connectivity index (χ0) is 12.0. The summed E-state index contributed by atoms with van der Waals surface area (Å²) in [5, 5.41) is 2.99. The first kappa shape index (κ1) is 13.3. The van der Waals surface area contributed by atoms with Gasteiger partial charge in [-0.3, -0.25) is 4.79 Å². The molecule has 2 nitrogen and oxygen atoms in total. The van der Waals surface area contributed by atoms with Gasteiger partial charge in [0.05, 0.1) is 0 Å². The highest BCUT2D eigenvalue weighted by Gasteiger charge is 2.03. The lowest BCUT2D eigenvalue weighted by atomic mass is 10.2. The van der Waals surface area contributed by atoms with E-state index in [1.807, 2.05) is 0 Å². The molecule has 0 saturated heterocycles. The van der Waals surface area contributed by atoms with Crippen LogP contribution >= 0.6 is 23.2 Å². The van der Waals surface area contributed by atoms with E-state index >= 15 is 0 Å². The van der Waals surface area contributed by atoms with E-state index in [1.165, 1.54) is 12.1 Å². The molecule has 1 aromatic carbocycles. The van der Waals surface area contributed by atoms with Crippen LogP contribution in [0, 0.1) is 5.82 Å². The number of nitrogens with one attached hydrogen (secondary N) is 1. The molecule has 0 saturated carbocycles. The molecule has 0 heterocycles. The molecule has 0 spiro atoms. The van der Waals surface area contributed by atoms with Crippen LogP contribution in [0.2, 0.25) is 5.02 Å². The summed E-state index contributed by atoms with van der Waals surface area (Å²) in [7, 11) is 0. The number of carbonyl (C=O) groups excluding carboxylic acids is 1. The Morgan fingerprint density at radius 2 is 2.12 bits per heavy atom. The first-order chi connectivity index (χ1) is 7.61. The Bertz CT molecular complexity index is 351. The van der Waals surface area contributed by atoms with Crippen molar-refractivity contribution in [1.82, 2.24) is 5.32 Å². The SMILES string of the molecule is O=C(CCCCl)NCc1cc(F)cc(Cl)c1. The van der Waals surface area contributed by atoms with Crippen molar-refractivity contribution in [3.8, 4) is 0 Å². The standard InChI is InChI=1S/C11H12Cl2FNO/c12-3-1-2-11(16)15-7-8-4-9(13)6-10(14)5-8/h4-6H,1-3,7H2,(H,15,16). The molecule has 0 unspecified atom stereocenters. The van der Waals surface area contributed by atoms with Crippen molar-refractivity contribution >= 4 is 29.1 Å². The van der Waals surface area contributed by atoms with E-state index in [0.717, 1.165) is 0 Å². The van der Waals surface area contributed by atoms with Crippen LogP contribution in [0.15, 0.2) is 18.2 Å². The number of rotatable bonds is 5. The number of carbonyl (C=O) groups is 1. The number of halogens is 3. The van der Waals surface area contributed by atoms with Gasteiger partial charge in [-0.2, -0.15) is 0 Å². The van der Waals surface area contributed by atoms with Gasteiger partial charge in [-0.1, -0.05) is 11.6 Å². The molecule has 1 aromatic rings. The minimum Gasteiger partial charge on any atom is -0.352 e. The minimum absolute atomic E-state index is 0.0963. The van der Waals surface area contributed by atoms with Crippen LogP contribution in [-0.2, 0) is 11.3 Å². The number of alkyl halides is 1. The molecule has 0 aromatic heterocycles. The maximum atomic E-state index is 12.9. The fourth-order valence-electron chi connectivity index (χ4n) is 1.23. The molecule has 88 valence electrons. The van der Waals surface area contributed by atoms with Crippen LogP contribution < -0.4 is 5.32 Å². The second-order valence-electron chi connectivity index (χ2n) is 3.35. The van der Waals surface area contributed by atoms with Crippen LogP contribution in [-0.4, -0.2) is 11.8 Å². The van der Waals surface area contributed by atoms with Gasteiger partial charge in [0.15, 0.2) is 0 Å². The van der Waals surface area contributed by atoms with Crippen molar-refractivity contribution < 1.29 is 9.18 Å². The zero-order valence-electron chi connectivity index (χ0n) is 8.60. The van der Waals surface area contributed by atoms with Crippen LogP contribution in [0.3, 0.4) is 0 Å². The molecule has 0 radical (unpaired) electrons. The second kappa shape index (κ2) is 6.71. The summed E-state index contributed by atoms with van der Waals surface area (Å²) in [6.07, 6.45) is 1.02. The summed E-state index contributed by atoms with van der Waals surface area (Å²) in [4.78, 5) is 11.2. The van der Waals surface area contributed by atoms with Gasteiger partial charge in [0.25, 0.3) is 0 Å². The van der Waals surface area contributed by atoms with Crippen molar-refractivity contribution in [2.75, 3.05) is 5.88 Å². The van der Waals surface area contributed by atoms with Gasteiger partial charge in [-0.05, 0) is 30.2 Å². The molecule has 16 heavy (non-hydrogen) atoms. The Hall–Kier alpha value is -0.800. The third-order valence-corrected chi connectivity index (χ3v) is 2.43. The third-order valence-electron chi connectivity index (χ3n) is 1.95. The largest absolute Gasteiger partial charge is 0.352 e. The average molecular weight is 264 g/mol. The molecular weight excluding hydrogens is 252 g/mol. The third kappa shape index (κ3) is 4.81. The number of hydrogen-bond acceptors (Lipinski definition) is 1. The van der Waals surface area contributed by atoms with E-state index in [2.05, 4.69) is 5.32 Å². The lowest BCUT2D eigenvalue weighted by molar-refractivity contribution is -0.121. The summed E-state index contributed by atoms with van der Waals surface area (Å²) in [6, 6.07) is 4.18.